The van der Waals surface area contributed by atoms with Gasteiger partial charge in [-0.05, 0) is 31.2 Å². The van der Waals surface area contributed by atoms with Gasteiger partial charge in [0.2, 0.25) is 0 Å². The Morgan fingerprint density at radius 1 is 0.962 bits per heavy atom. The van der Waals surface area contributed by atoms with Gasteiger partial charge in [-0.25, -0.2) is 0 Å². The third-order valence-electron chi connectivity index (χ3n) is 4.74. The van der Waals surface area contributed by atoms with Crippen LogP contribution in [-0.4, -0.2) is 57.4 Å². The maximum Gasteiger partial charge on any atom is 0.164 e. The van der Waals surface area contributed by atoms with E-state index in [1.165, 1.54) is 0 Å². The van der Waals surface area contributed by atoms with Crippen LogP contribution in [0.1, 0.15) is 23.7 Å². The third kappa shape index (κ3) is 3.92. The molecule has 26 heavy (non-hydrogen) atoms. The van der Waals surface area contributed by atoms with Crippen LogP contribution in [0.3, 0.4) is 0 Å². The summed E-state index contributed by atoms with van der Waals surface area (Å²) < 4.78 is 16.7. The topological polar surface area (TPSA) is 55.9 Å². The number of nitrogens with one attached hydrogen (secondary N) is 1. The Morgan fingerprint density at radius 2 is 1.73 bits per heavy atom. The molecule has 6 heteroatoms. The standard InChI is InChI=1S/C20H27N3O3/c1-24-17-14-19(26-3)18(25-2)13-15(17)20(16-7-4-5-9-22-16)23-11-6-8-21-10-12-23/h4-5,7,9,13-14,20-21H,6,8,10-12H2,1-3H3. The van der Waals surface area contributed by atoms with E-state index in [0.717, 1.165) is 49.6 Å². The molecule has 0 bridgehead atoms. The van der Waals surface area contributed by atoms with Gasteiger partial charge in [0, 0.05) is 37.5 Å². The second-order valence-electron chi connectivity index (χ2n) is 6.25. The van der Waals surface area contributed by atoms with Gasteiger partial charge < -0.3 is 19.5 Å². The second-order valence-corrected chi connectivity index (χ2v) is 6.25. The van der Waals surface area contributed by atoms with Crippen LogP contribution in [-0.2, 0) is 0 Å². The van der Waals surface area contributed by atoms with E-state index >= 15 is 0 Å². The van der Waals surface area contributed by atoms with Gasteiger partial charge in [0.05, 0.1) is 33.1 Å². The molecule has 1 atom stereocenters. The minimum absolute atomic E-state index is 0.00847. The SMILES string of the molecule is COc1cc(OC)c(C(c2ccccn2)N2CCCNCC2)cc1OC. The fourth-order valence-corrected chi connectivity index (χ4v) is 3.47. The van der Waals surface area contributed by atoms with Crippen LogP contribution in [0.5, 0.6) is 17.2 Å². The summed E-state index contributed by atoms with van der Waals surface area (Å²) in [4.78, 5) is 7.10. The Kier molecular flexibility index (Phi) is 6.30. The minimum Gasteiger partial charge on any atom is -0.496 e. The van der Waals surface area contributed by atoms with E-state index in [1.54, 1.807) is 21.3 Å². The van der Waals surface area contributed by atoms with E-state index in [4.69, 9.17) is 14.2 Å². The van der Waals surface area contributed by atoms with Crippen molar-refractivity contribution in [3.63, 3.8) is 0 Å². The van der Waals surface area contributed by atoms with E-state index in [1.807, 2.05) is 30.5 Å². The molecule has 6 nitrogen and oxygen atoms in total. The normalized spacial score (nSPS) is 16.6. The number of nitrogens with zero attached hydrogens (tertiary/aromatic N) is 2. The molecular formula is C20H27N3O3. The van der Waals surface area contributed by atoms with Crippen molar-refractivity contribution in [1.29, 1.82) is 0 Å². The van der Waals surface area contributed by atoms with Crippen LogP contribution in [0.25, 0.3) is 0 Å². The van der Waals surface area contributed by atoms with E-state index in [-0.39, 0.29) is 6.04 Å². The Labute approximate surface area is 155 Å². The molecule has 2 heterocycles. The molecule has 0 spiro atoms. The summed E-state index contributed by atoms with van der Waals surface area (Å²) in [5.41, 5.74) is 2.03. The highest BCUT2D eigenvalue weighted by molar-refractivity contribution is 5.53. The zero-order chi connectivity index (χ0) is 18.4. The number of hydrogen-bond acceptors (Lipinski definition) is 6. The molecule has 1 aliphatic rings. The smallest absolute Gasteiger partial charge is 0.164 e. The maximum absolute atomic E-state index is 5.71. The maximum atomic E-state index is 5.71. The predicted molar refractivity (Wildman–Crippen MR) is 101 cm³/mol. The van der Waals surface area contributed by atoms with Crippen LogP contribution >= 0.6 is 0 Å². The molecule has 1 aliphatic heterocycles. The Balaban J connectivity index is 2.11. The lowest BCUT2D eigenvalue weighted by molar-refractivity contribution is 0.231. The highest BCUT2D eigenvalue weighted by atomic mass is 16.5. The molecule has 0 saturated carbocycles. The molecule has 2 aromatic rings. The average Bonchev–Trinajstić information content (AvgIpc) is 2.98. The average molecular weight is 357 g/mol. The summed E-state index contributed by atoms with van der Waals surface area (Å²) in [6, 6.07) is 9.93. The van der Waals surface area contributed by atoms with Crippen molar-refractivity contribution in [3.8, 4) is 17.2 Å². The highest BCUT2D eigenvalue weighted by Gasteiger charge is 2.28. The van der Waals surface area contributed by atoms with Gasteiger partial charge in [-0.3, -0.25) is 9.88 Å². The number of ether oxygens (including phenoxy) is 3. The number of rotatable bonds is 6. The lowest BCUT2D eigenvalue weighted by Crippen LogP contribution is -2.33. The third-order valence-corrected chi connectivity index (χ3v) is 4.74. The van der Waals surface area contributed by atoms with Crippen molar-refractivity contribution < 1.29 is 14.2 Å². The van der Waals surface area contributed by atoms with Crippen molar-refractivity contribution in [2.24, 2.45) is 0 Å². The van der Waals surface area contributed by atoms with Gasteiger partial charge in [-0.2, -0.15) is 0 Å². The van der Waals surface area contributed by atoms with Crippen molar-refractivity contribution in [1.82, 2.24) is 15.2 Å². The van der Waals surface area contributed by atoms with E-state index in [9.17, 15) is 0 Å². The molecule has 0 radical (unpaired) electrons. The van der Waals surface area contributed by atoms with Crippen molar-refractivity contribution >= 4 is 0 Å². The van der Waals surface area contributed by atoms with Crippen LogP contribution in [0, 0.1) is 0 Å². The Hall–Kier alpha value is -2.31. The predicted octanol–water partition coefficient (Wildman–Crippen LogP) is 2.49. The summed E-state index contributed by atoms with van der Waals surface area (Å²) in [6.07, 6.45) is 2.94. The molecule has 1 fully saturated rings. The number of hydrogen-bond donors (Lipinski definition) is 1. The largest absolute Gasteiger partial charge is 0.496 e. The Bertz CT molecular complexity index is 701. The van der Waals surface area contributed by atoms with Gasteiger partial charge >= 0.3 is 0 Å². The van der Waals surface area contributed by atoms with Gasteiger partial charge in [0.25, 0.3) is 0 Å². The summed E-state index contributed by atoms with van der Waals surface area (Å²) >= 11 is 0. The number of aromatic nitrogens is 1. The monoisotopic (exact) mass is 357 g/mol. The first-order valence-electron chi connectivity index (χ1n) is 8.94. The lowest BCUT2D eigenvalue weighted by atomic mass is 9.99. The number of benzene rings is 1. The molecule has 1 unspecified atom stereocenters. The van der Waals surface area contributed by atoms with Gasteiger partial charge in [-0.15, -0.1) is 0 Å². The summed E-state index contributed by atoms with van der Waals surface area (Å²) in [6.45, 7) is 3.93. The lowest BCUT2D eigenvalue weighted by Gasteiger charge is -2.31. The number of pyridine rings is 1. The van der Waals surface area contributed by atoms with Crippen LogP contribution in [0.4, 0.5) is 0 Å². The molecule has 0 aliphatic carbocycles. The summed E-state index contributed by atoms with van der Waals surface area (Å²) in [5.74, 6) is 2.12. The fraction of sp³-hybridized carbons (Fsp3) is 0.450. The van der Waals surface area contributed by atoms with Gasteiger partial charge in [0.1, 0.15) is 5.75 Å². The minimum atomic E-state index is -0.00847. The molecule has 1 aromatic heterocycles. The zero-order valence-corrected chi connectivity index (χ0v) is 15.7. The second kappa shape index (κ2) is 8.87. The first-order valence-corrected chi connectivity index (χ1v) is 8.94. The van der Waals surface area contributed by atoms with Crippen molar-refractivity contribution in [2.45, 2.75) is 12.5 Å². The molecule has 1 N–H and O–H groups in total. The molecule has 140 valence electrons. The van der Waals surface area contributed by atoms with Gasteiger partial charge in [0.15, 0.2) is 11.5 Å². The number of methoxy groups -OCH3 is 3. The summed E-state index contributed by atoms with van der Waals surface area (Å²) in [7, 11) is 4.97. The molecule has 3 rings (SSSR count). The molecule has 1 aromatic carbocycles. The highest BCUT2D eigenvalue weighted by Crippen LogP contribution is 2.41. The molecule has 1 saturated heterocycles. The molecular weight excluding hydrogens is 330 g/mol. The summed E-state index contributed by atoms with van der Waals surface area (Å²) in [5, 5.41) is 3.47. The molecule has 0 amide bonds. The van der Waals surface area contributed by atoms with E-state index in [2.05, 4.69) is 21.3 Å². The first-order chi connectivity index (χ1) is 12.8. The van der Waals surface area contributed by atoms with Gasteiger partial charge in [-0.1, -0.05) is 6.07 Å². The van der Waals surface area contributed by atoms with Crippen LogP contribution in [0.2, 0.25) is 0 Å². The van der Waals surface area contributed by atoms with E-state index in [0.29, 0.717) is 11.5 Å². The van der Waals surface area contributed by atoms with Crippen molar-refractivity contribution in [3.05, 3.63) is 47.8 Å². The zero-order valence-electron chi connectivity index (χ0n) is 15.7. The van der Waals surface area contributed by atoms with E-state index < -0.39 is 0 Å². The Morgan fingerprint density at radius 3 is 2.42 bits per heavy atom. The fourth-order valence-electron chi connectivity index (χ4n) is 3.47. The van der Waals surface area contributed by atoms with Crippen molar-refractivity contribution in [2.75, 3.05) is 47.5 Å². The first kappa shape index (κ1) is 18.5. The van der Waals surface area contributed by atoms with Crippen LogP contribution < -0.4 is 19.5 Å². The van der Waals surface area contributed by atoms with Crippen LogP contribution in [0.15, 0.2) is 36.5 Å². The quantitative estimate of drug-likeness (QED) is 0.857.